The second kappa shape index (κ2) is 16.3. The molecule has 0 aliphatic carbocycles. The Bertz CT molecular complexity index is 679. The highest BCUT2D eigenvalue weighted by atomic mass is 32.1. The molecule has 5 atom stereocenters. The number of carbonyl (C=O) groups excluding carboxylic acids is 4. The van der Waals surface area contributed by atoms with Crippen molar-refractivity contribution in [2.24, 2.45) is 23.1 Å². The molecule has 0 aromatic carbocycles. The average Bonchev–Trinajstić information content (AvgIpc) is 2.77. The Balaban J connectivity index is 5.28. The van der Waals surface area contributed by atoms with Crippen LogP contribution < -0.4 is 33.2 Å². The molecule has 0 aliphatic heterocycles. The van der Waals surface area contributed by atoms with E-state index in [2.05, 4.69) is 28.6 Å². The van der Waals surface area contributed by atoms with Crippen LogP contribution in [-0.4, -0.2) is 71.2 Å². The molecule has 0 rings (SSSR count). The second-order valence-electron chi connectivity index (χ2n) is 7.91. The van der Waals surface area contributed by atoms with Crippen LogP contribution in [-0.2, 0) is 24.0 Å². The van der Waals surface area contributed by atoms with E-state index in [0.29, 0.717) is 25.8 Å². The minimum absolute atomic E-state index is 0.0953. The molecule has 190 valence electrons. The molecule has 0 heterocycles. The first kappa shape index (κ1) is 30.6. The van der Waals surface area contributed by atoms with Crippen molar-refractivity contribution < 1.29 is 29.1 Å². The van der Waals surface area contributed by atoms with Crippen molar-refractivity contribution in [1.82, 2.24) is 16.0 Å². The minimum atomic E-state index is -1.36. The zero-order valence-electron chi connectivity index (χ0n) is 19.2. The number of primary amides is 1. The van der Waals surface area contributed by atoms with Gasteiger partial charge in [0.1, 0.15) is 18.1 Å². The van der Waals surface area contributed by atoms with Crippen molar-refractivity contribution in [3.8, 4) is 0 Å². The summed E-state index contributed by atoms with van der Waals surface area (Å²) in [5.74, 6) is -4.19. The fourth-order valence-corrected chi connectivity index (χ4v) is 3.08. The normalized spacial score (nSPS) is 15.4. The highest BCUT2D eigenvalue weighted by Crippen LogP contribution is 2.08. The van der Waals surface area contributed by atoms with Gasteiger partial charge in [0.25, 0.3) is 0 Å². The summed E-state index contributed by atoms with van der Waals surface area (Å²) in [4.78, 5) is 60.2. The third kappa shape index (κ3) is 11.9. The molecule has 12 nitrogen and oxygen atoms in total. The van der Waals surface area contributed by atoms with Crippen molar-refractivity contribution in [2.45, 2.75) is 76.5 Å². The molecule has 0 saturated heterocycles. The molecule has 0 bridgehead atoms. The molecule has 4 amide bonds. The molecule has 0 fully saturated rings. The maximum atomic E-state index is 12.9. The number of hydrogen-bond donors (Lipinski definition) is 8. The van der Waals surface area contributed by atoms with Crippen molar-refractivity contribution in [3.63, 3.8) is 0 Å². The summed E-state index contributed by atoms with van der Waals surface area (Å²) in [7, 11) is 0. The van der Waals surface area contributed by atoms with Gasteiger partial charge in [-0.05, 0) is 38.1 Å². The van der Waals surface area contributed by atoms with Crippen LogP contribution in [0.25, 0.3) is 0 Å². The Morgan fingerprint density at radius 1 is 0.909 bits per heavy atom. The van der Waals surface area contributed by atoms with E-state index >= 15 is 0 Å². The van der Waals surface area contributed by atoms with E-state index in [1.807, 2.05) is 13.8 Å². The standard InChI is InChI=1S/C20H38N6O6S/c1-3-11(2)16(23)19(30)24-12(6-4-5-9-21)17(28)26-14(10-33)18(29)25-13(20(31)32)7-8-15(22)27/h11-14,16,33H,3-10,21,23H2,1-2H3,(H2,22,27)(H,24,30)(H,25,29)(H,26,28)(H,31,32). The first-order valence-electron chi connectivity index (χ1n) is 11.0. The summed E-state index contributed by atoms with van der Waals surface area (Å²) < 4.78 is 0. The summed E-state index contributed by atoms with van der Waals surface area (Å²) in [5.41, 5.74) is 16.5. The molecule has 13 heteroatoms. The van der Waals surface area contributed by atoms with Gasteiger partial charge in [-0.15, -0.1) is 0 Å². The van der Waals surface area contributed by atoms with E-state index in [1.165, 1.54) is 0 Å². The molecular weight excluding hydrogens is 452 g/mol. The molecule has 0 aliphatic rings. The number of carboxylic acid groups (broad SMARTS) is 1. The van der Waals surface area contributed by atoms with Gasteiger partial charge in [0, 0.05) is 12.2 Å². The van der Waals surface area contributed by atoms with Crippen LogP contribution in [0.4, 0.5) is 0 Å². The van der Waals surface area contributed by atoms with E-state index in [-0.39, 0.29) is 30.9 Å². The van der Waals surface area contributed by atoms with Gasteiger partial charge in [-0.2, -0.15) is 12.6 Å². The first-order chi connectivity index (χ1) is 15.5. The van der Waals surface area contributed by atoms with Gasteiger partial charge < -0.3 is 38.3 Å². The molecule has 10 N–H and O–H groups in total. The highest BCUT2D eigenvalue weighted by molar-refractivity contribution is 7.80. The lowest BCUT2D eigenvalue weighted by Gasteiger charge is -2.25. The maximum absolute atomic E-state index is 12.9. The lowest BCUT2D eigenvalue weighted by atomic mass is 9.98. The number of nitrogens with two attached hydrogens (primary N) is 3. The Labute approximate surface area is 199 Å². The Morgan fingerprint density at radius 3 is 1.94 bits per heavy atom. The Morgan fingerprint density at radius 2 is 1.45 bits per heavy atom. The fraction of sp³-hybridized carbons (Fsp3) is 0.750. The van der Waals surface area contributed by atoms with Crippen LogP contribution >= 0.6 is 12.6 Å². The van der Waals surface area contributed by atoms with Crippen LogP contribution in [0.15, 0.2) is 0 Å². The fourth-order valence-electron chi connectivity index (χ4n) is 2.82. The third-order valence-electron chi connectivity index (χ3n) is 5.25. The average molecular weight is 491 g/mol. The van der Waals surface area contributed by atoms with Crippen LogP contribution in [0.3, 0.4) is 0 Å². The number of carbonyl (C=O) groups is 5. The molecule has 33 heavy (non-hydrogen) atoms. The van der Waals surface area contributed by atoms with Gasteiger partial charge in [0.05, 0.1) is 6.04 Å². The molecule has 0 aromatic heterocycles. The van der Waals surface area contributed by atoms with E-state index in [0.717, 1.165) is 0 Å². The monoisotopic (exact) mass is 490 g/mol. The molecule has 0 spiro atoms. The van der Waals surface area contributed by atoms with E-state index in [1.54, 1.807) is 0 Å². The van der Waals surface area contributed by atoms with Crippen LogP contribution in [0.1, 0.15) is 52.4 Å². The zero-order valence-corrected chi connectivity index (χ0v) is 20.1. The molecule has 0 radical (unpaired) electrons. The lowest BCUT2D eigenvalue weighted by molar-refractivity contribution is -0.142. The summed E-state index contributed by atoms with van der Waals surface area (Å²) in [6.07, 6.45) is 1.71. The lowest BCUT2D eigenvalue weighted by Crippen LogP contribution is -2.58. The number of hydrogen-bond acceptors (Lipinski definition) is 8. The van der Waals surface area contributed by atoms with Gasteiger partial charge in [-0.3, -0.25) is 19.2 Å². The molecule has 0 aromatic rings. The number of rotatable bonds is 17. The largest absolute Gasteiger partial charge is 0.480 e. The molecule has 0 saturated carbocycles. The maximum Gasteiger partial charge on any atom is 0.326 e. The smallest absolute Gasteiger partial charge is 0.326 e. The first-order valence-corrected chi connectivity index (χ1v) is 11.6. The Kier molecular flexibility index (Phi) is 15.1. The molecular formula is C20H38N6O6S. The number of amides is 4. The van der Waals surface area contributed by atoms with Crippen molar-refractivity contribution in [1.29, 1.82) is 0 Å². The van der Waals surface area contributed by atoms with Crippen molar-refractivity contribution >= 4 is 42.2 Å². The quantitative estimate of drug-likeness (QED) is 0.0858. The van der Waals surface area contributed by atoms with Crippen molar-refractivity contribution in [3.05, 3.63) is 0 Å². The number of nitrogens with one attached hydrogen (secondary N) is 3. The number of aliphatic carboxylic acids is 1. The SMILES string of the molecule is CCC(C)C(N)C(=O)NC(CCCCN)C(=O)NC(CS)C(=O)NC(CCC(N)=O)C(=O)O. The molecule has 5 unspecified atom stereocenters. The summed E-state index contributed by atoms with van der Waals surface area (Å²) in [6, 6.07) is -4.30. The summed E-state index contributed by atoms with van der Waals surface area (Å²) >= 11 is 4.06. The number of carboxylic acids is 1. The highest BCUT2D eigenvalue weighted by Gasteiger charge is 2.30. The van der Waals surface area contributed by atoms with Gasteiger partial charge in [0.15, 0.2) is 0 Å². The van der Waals surface area contributed by atoms with E-state index in [4.69, 9.17) is 17.2 Å². The third-order valence-corrected chi connectivity index (χ3v) is 5.61. The van der Waals surface area contributed by atoms with E-state index < -0.39 is 53.8 Å². The number of unbranched alkanes of at least 4 members (excludes halogenated alkanes) is 1. The van der Waals surface area contributed by atoms with Crippen LogP contribution in [0.5, 0.6) is 0 Å². The number of thiol groups is 1. The second-order valence-corrected chi connectivity index (χ2v) is 8.27. The van der Waals surface area contributed by atoms with Gasteiger partial charge in [-0.1, -0.05) is 20.3 Å². The minimum Gasteiger partial charge on any atom is -0.480 e. The summed E-state index contributed by atoms with van der Waals surface area (Å²) in [5, 5.41) is 16.6. The van der Waals surface area contributed by atoms with Gasteiger partial charge in [-0.25, -0.2) is 4.79 Å². The summed E-state index contributed by atoms with van der Waals surface area (Å²) in [6.45, 7) is 4.14. The van der Waals surface area contributed by atoms with Crippen LogP contribution in [0.2, 0.25) is 0 Å². The van der Waals surface area contributed by atoms with Crippen molar-refractivity contribution in [2.75, 3.05) is 12.3 Å². The zero-order chi connectivity index (χ0) is 25.6. The Hall–Kier alpha value is -2.38. The van der Waals surface area contributed by atoms with Gasteiger partial charge in [0.2, 0.25) is 23.6 Å². The predicted octanol–water partition coefficient (Wildman–Crippen LogP) is -1.78. The van der Waals surface area contributed by atoms with Gasteiger partial charge >= 0.3 is 5.97 Å². The van der Waals surface area contributed by atoms with E-state index in [9.17, 15) is 29.1 Å². The topological polar surface area (TPSA) is 220 Å². The van der Waals surface area contributed by atoms with Crippen LogP contribution in [0, 0.1) is 5.92 Å². The predicted molar refractivity (Wildman–Crippen MR) is 126 cm³/mol.